The van der Waals surface area contributed by atoms with E-state index in [1.807, 2.05) is 0 Å². The van der Waals surface area contributed by atoms with Gasteiger partial charge in [0, 0.05) is 20.3 Å². The molecule has 0 aromatic carbocycles. The Bertz CT molecular complexity index is 368. The molecule has 0 spiro atoms. The molecule has 0 bridgehead atoms. The zero-order valence-corrected chi connectivity index (χ0v) is 11.4. The van der Waals surface area contributed by atoms with Gasteiger partial charge in [0.25, 0.3) is 0 Å². The third kappa shape index (κ3) is 4.91. The highest BCUT2D eigenvalue weighted by Crippen LogP contribution is 2.31. The molecule has 6 nitrogen and oxygen atoms in total. The molecule has 1 rings (SSSR count). The maximum Gasteiger partial charge on any atom is 0.306 e. The van der Waals surface area contributed by atoms with Crippen molar-refractivity contribution in [1.82, 2.24) is 4.72 Å². The van der Waals surface area contributed by atoms with E-state index in [1.54, 1.807) is 0 Å². The lowest BCUT2D eigenvalue weighted by molar-refractivity contribution is -0.142. The lowest BCUT2D eigenvalue weighted by Crippen LogP contribution is -2.34. The van der Waals surface area contributed by atoms with Gasteiger partial charge < -0.3 is 9.84 Å². The van der Waals surface area contributed by atoms with Crippen LogP contribution < -0.4 is 4.72 Å². The average Bonchev–Trinajstić information content (AvgIpc) is 2.75. The smallest absolute Gasteiger partial charge is 0.306 e. The van der Waals surface area contributed by atoms with Gasteiger partial charge in [-0.1, -0.05) is 6.42 Å². The predicted octanol–water partition coefficient (Wildman–Crippen LogP) is 0.443. The Hall–Kier alpha value is -0.660. The van der Waals surface area contributed by atoms with Crippen molar-refractivity contribution in [2.24, 2.45) is 11.8 Å². The summed E-state index contributed by atoms with van der Waals surface area (Å²) in [6.07, 6.45) is 2.72. The highest BCUT2D eigenvalue weighted by atomic mass is 32.2. The molecule has 2 N–H and O–H groups in total. The van der Waals surface area contributed by atoms with Gasteiger partial charge in [0.15, 0.2) is 0 Å². The average molecular weight is 279 g/mol. The third-order valence-electron chi connectivity index (χ3n) is 3.30. The van der Waals surface area contributed by atoms with E-state index >= 15 is 0 Å². The SMILES string of the molecule is COCCCS(=O)(=O)NCC1CCCC1C(=O)O. The van der Waals surface area contributed by atoms with Gasteiger partial charge in [-0.05, 0) is 25.2 Å². The lowest BCUT2D eigenvalue weighted by atomic mass is 9.97. The van der Waals surface area contributed by atoms with Crippen molar-refractivity contribution in [2.75, 3.05) is 26.0 Å². The molecular weight excluding hydrogens is 258 g/mol. The fourth-order valence-electron chi connectivity index (χ4n) is 2.31. The summed E-state index contributed by atoms with van der Waals surface area (Å²) in [4.78, 5) is 11.0. The number of nitrogens with one attached hydrogen (secondary N) is 1. The Morgan fingerprint density at radius 1 is 1.44 bits per heavy atom. The number of carboxylic acids is 1. The fourth-order valence-corrected chi connectivity index (χ4v) is 3.42. The number of carbonyl (C=O) groups is 1. The largest absolute Gasteiger partial charge is 0.481 e. The summed E-state index contributed by atoms with van der Waals surface area (Å²) in [5.41, 5.74) is 0. The number of carboxylic acid groups (broad SMARTS) is 1. The van der Waals surface area contributed by atoms with Crippen LogP contribution in [0.4, 0.5) is 0 Å². The Kier molecular flexibility index (Phi) is 6.04. The standard InChI is InChI=1S/C11H21NO5S/c1-17-6-3-7-18(15,16)12-8-9-4-2-5-10(9)11(13)14/h9-10,12H,2-8H2,1H3,(H,13,14). The molecule has 1 aliphatic carbocycles. The van der Waals surface area contributed by atoms with Crippen molar-refractivity contribution in [3.63, 3.8) is 0 Å². The second-order valence-electron chi connectivity index (χ2n) is 4.65. The normalized spacial score (nSPS) is 24.3. The van der Waals surface area contributed by atoms with Crippen LogP contribution in [0.5, 0.6) is 0 Å². The minimum atomic E-state index is -3.31. The molecule has 2 atom stereocenters. The van der Waals surface area contributed by atoms with Gasteiger partial charge in [-0.3, -0.25) is 4.79 Å². The van der Waals surface area contributed by atoms with Crippen molar-refractivity contribution in [2.45, 2.75) is 25.7 Å². The van der Waals surface area contributed by atoms with E-state index in [4.69, 9.17) is 9.84 Å². The molecular formula is C11H21NO5S. The van der Waals surface area contributed by atoms with E-state index < -0.39 is 21.9 Å². The van der Waals surface area contributed by atoms with Crippen LogP contribution in [0.2, 0.25) is 0 Å². The molecule has 1 fully saturated rings. The summed E-state index contributed by atoms with van der Waals surface area (Å²) in [7, 11) is -1.79. The van der Waals surface area contributed by atoms with E-state index in [9.17, 15) is 13.2 Å². The number of aliphatic carboxylic acids is 1. The zero-order valence-electron chi connectivity index (χ0n) is 10.6. The van der Waals surface area contributed by atoms with Gasteiger partial charge in [-0.15, -0.1) is 0 Å². The number of hydrogen-bond donors (Lipinski definition) is 2. The Labute approximate surface area is 108 Å². The second kappa shape index (κ2) is 7.06. The van der Waals surface area contributed by atoms with Gasteiger partial charge >= 0.3 is 5.97 Å². The highest BCUT2D eigenvalue weighted by molar-refractivity contribution is 7.89. The van der Waals surface area contributed by atoms with E-state index in [0.717, 1.165) is 12.8 Å². The quantitative estimate of drug-likeness (QED) is 0.629. The molecule has 18 heavy (non-hydrogen) atoms. The predicted molar refractivity (Wildman–Crippen MR) is 66.7 cm³/mol. The minimum absolute atomic E-state index is 0.0191. The number of sulfonamides is 1. The monoisotopic (exact) mass is 279 g/mol. The molecule has 1 aliphatic rings. The summed E-state index contributed by atoms with van der Waals surface area (Å²) in [6.45, 7) is 0.633. The molecule has 0 aliphatic heterocycles. The number of rotatable bonds is 8. The van der Waals surface area contributed by atoms with Crippen molar-refractivity contribution in [1.29, 1.82) is 0 Å². The minimum Gasteiger partial charge on any atom is -0.481 e. The van der Waals surface area contributed by atoms with Crippen molar-refractivity contribution in [3.8, 4) is 0 Å². The topological polar surface area (TPSA) is 92.7 Å². The molecule has 0 saturated heterocycles. The van der Waals surface area contributed by atoms with Crippen LogP contribution in [0.15, 0.2) is 0 Å². The van der Waals surface area contributed by atoms with Crippen molar-refractivity contribution >= 4 is 16.0 Å². The summed E-state index contributed by atoms with van der Waals surface area (Å²) in [5, 5.41) is 8.99. The summed E-state index contributed by atoms with van der Waals surface area (Å²) in [5.74, 6) is -1.30. The molecule has 0 radical (unpaired) electrons. The Morgan fingerprint density at radius 2 is 2.17 bits per heavy atom. The third-order valence-corrected chi connectivity index (χ3v) is 4.74. The Morgan fingerprint density at radius 3 is 2.78 bits per heavy atom. The molecule has 0 heterocycles. The van der Waals surface area contributed by atoms with Crippen molar-refractivity contribution in [3.05, 3.63) is 0 Å². The second-order valence-corrected chi connectivity index (χ2v) is 6.58. The van der Waals surface area contributed by atoms with Gasteiger partial charge in [-0.2, -0.15) is 0 Å². The molecule has 0 aromatic rings. The molecule has 0 aromatic heterocycles. The lowest BCUT2D eigenvalue weighted by Gasteiger charge is -2.16. The van der Waals surface area contributed by atoms with Gasteiger partial charge in [0.05, 0.1) is 11.7 Å². The molecule has 2 unspecified atom stereocenters. The van der Waals surface area contributed by atoms with Crippen LogP contribution in [0.3, 0.4) is 0 Å². The van der Waals surface area contributed by atoms with E-state index in [0.29, 0.717) is 19.4 Å². The first-order valence-electron chi connectivity index (χ1n) is 6.15. The van der Waals surface area contributed by atoms with Gasteiger partial charge in [0.1, 0.15) is 0 Å². The summed E-state index contributed by atoms with van der Waals surface area (Å²) < 4.78 is 30.5. The number of ether oxygens (including phenoxy) is 1. The first-order chi connectivity index (χ1) is 8.46. The fraction of sp³-hybridized carbons (Fsp3) is 0.909. The number of hydrogen-bond acceptors (Lipinski definition) is 4. The van der Waals surface area contributed by atoms with E-state index in [-0.39, 0.29) is 18.2 Å². The highest BCUT2D eigenvalue weighted by Gasteiger charge is 2.33. The van der Waals surface area contributed by atoms with Crippen LogP contribution in [0.1, 0.15) is 25.7 Å². The Balaban J connectivity index is 2.37. The van der Waals surface area contributed by atoms with Crippen LogP contribution in [0, 0.1) is 11.8 Å². The van der Waals surface area contributed by atoms with Crippen molar-refractivity contribution < 1.29 is 23.1 Å². The van der Waals surface area contributed by atoms with Crippen LogP contribution in [-0.2, 0) is 19.6 Å². The van der Waals surface area contributed by atoms with Gasteiger partial charge in [0.2, 0.25) is 10.0 Å². The van der Waals surface area contributed by atoms with Gasteiger partial charge in [-0.25, -0.2) is 13.1 Å². The van der Waals surface area contributed by atoms with Crippen LogP contribution >= 0.6 is 0 Å². The van der Waals surface area contributed by atoms with Crippen LogP contribution in [0.25, 0.3) is 0 Å². The zero-order chi connectivity index (χ0) is 13.6. The molecule has 7 heteroatoms. The maximum absolute atomic E-state index is 11.6. The molecule has 0 amide bonds. The summed E-state index contributed by atoms with van der Waals surface area (Å²) >= 11 is 0. The summed E-state index contributed by atoms with van der Waals surface area (Å²) in [6, 6.07) is 0. The van der Waals surface area contributed by atoms with Crippen LogP contribution in [-0.4, -0.2) is 45.5 Å². The van der Waals surface area contributed by atoms with E-state index in [2.05, 4.69) is 4.72 Å². The first kappa shape index (κ1) is 15.4. The molecule has 1 saturated carbocycles. The first-order valence-corrected chi connectivity index (χ1v) is 7.80. The number of methoxy groups -OCH3 is 1. The maximum atomic E-state index is 11.6. The van der Waals surface area contributed by atoms with E-state index in [1.165, 1.54) is 7.11 Å². The molecule has 106 valence electrons.